The smallest absolute Gasteiger partial charge is 0.254 e. The van der Waals surface area contributed by atoms with Crippen molar-refractivity contribution in [1.29, 1.82) is 0 Å². The summed E-state index contributed by atoms with van der Waals surface area (Å²) in [6, 6.07) is 11.3. The highest BCUT2D eigenvalue weighted by Gasteiger charge is 2.18. The molecule has 6 nitrogen and oxygen atoms in total. The summed E-state index contributed by atoms with van der Waals surface area (Å²) in [5.74, 6) is 1.46. The molecule has 2 aromatic carbocycles. The molecule has 1 aromatic heterocycles. The molecule has 0 N–H and O–H groups in total. The van der Waals surface area contributed by atoms with Crippen LogP contribution in [0.3, 0.4) is 0 Å². The van der Waals surface area contributed by atoms with Gasteiger partial charge in [0.2, 0.25) is 0 Å². The van der Waals surface area contributed by atoms with E-state index >= 15 is 0 Å². The number of nitrogens with zero attached hydrogens (tertiary/aromatic N) is 3. The first kappa shape index (κ1) is 18.2. The van der Waals surface area contributed by atoms with Gasteiger partial charge in [0, 0.05) is 18.7 Å². The molecule has 0 bridgehead atoms. The fraction of sp³-hybridized carbons (Fsp3) is 0.318. The number of benzene rings is 2. The number of rotatable bonds is 4. The molecule has 3 aromatic rings. The van der Waals surface area contributed by atoms with Crippen LogP contribution in [0.2, 0.25) is 0 Å². The quantitative estimate of drug-likeness (QED) is 0.694. The number of amides is 1. The van der Waals surface area contributed by atoms with Gasteiger partial charge in [0.15, 0.2) is 11.5 Å². The molecule has 28 heavy (non-hydrogen) atoms. The van der Waals surface area contributed by atoms with Crippen molar-refractivity contribution < 1.29 is 14.3 Å². The number of aryl methyl sites for hydroxylation is 2. The Labute approximate surface area is 164 Å². The highest BCUT2D eigenvalue weighted by molar-refractivity contribution is 5.97. The highest BCUT2D eigenvalue weighted by atomic mass is 16.6. The van der Waals surface area contributed by atoms with Gasteiger partial charge in [-0.1, -0.05) is 6.07 Å². The first-order valence-electron chi connectivity index (χ1n) is 9.48. The Morgan fingerprint density at radius 2 is 1.68 bits per heavy atom. The summed E-state index contributed by atoms with van der Waals surface area (Å²) < 4.78 is 11.2. The van der Waals surface area contributed by atoms with E-state index in [1.54, 1.807) is 4.90 Å². The van der Waals surface area contributed by atoms with E-state index in [0.717, 1.165) is 39.5 Å². The number of carbonyl (C=O) groups is 1. The minimum atomic E-state index is -0.0284. The van der Waals surface area contributed by atoms with Gasteiger partial charge in [0.05, 0.1) is 22.4 Å². The van der Waals surface area contributed by atoms with Crippen molar-refractivity contribution in [2.24, 2.45) is 0 Å². The Bertz CT molecular complexity index is 1050. The third kappa shape index (κ3) is 3.50. The lowest BCUT2D eigenvalue weighted by atomic mass is 10.1. The third-order valence-electron chi connectivity index (χ3n) is 4.97. The molecule has 0 spiro atoms. The van der Waals surface area contributed by atoms with E-state index in [1.807, 2.05) is 57.2 Å². The van der Waals surface area contributed by atoms with E-state index in [-0.39, 0.29) is 5.91 Å². The van der Waals surface area contributed by atoms with Crippen LogP contribution in [0, 0.1) is 13.8 Å². The van der Waals surface area contributed by atoms with Gasteiger partial charge in [-0.25, -0.2) is 9.97 Å². The Hall–Kier alpha value is -3.15. The number of fused-ring (bicyclic) bond motifs is 2. The minimum Gasteiger partial charge on any atom is -0.486 e. The van der Waals surface area contributed by atoms with Gasteiger partial charge in [0.25, 0.3) is 5.91 Å². The lowest BCUT2D eigenvalue weighted by Gasteiger charge is -2.23. The summed E-state index contributed by atoms with van der Waals surface area (Å²) in [5.41, 5.74) is 4.94. The lowest BCUT2D eigenvalue weighted by Crippen LogP contribution is -2.30. The van der Waals surface area contributed by atoms with Gasteiger partial charge in [0.1, 0.15) is 13.2 Å². The van der Waals surface area contributed by atoms with Crippen molar-refractivity contribution in [2.45, 2.75) is 27.3 Å². The maximum atomic E-state index is 13.1. The van der Waals surface area contributed by atoms with Gasteiger partial charge < -0.3 is 14.4 Å². The van der Waals surface area contributed by atoms with Crippen LogP contribution >= 0.6 is 0 Å². The van der Waals surface area contributed by atoms with Crippen molar-refractivity contribution in [2.75, 3.05) is 19.8 Å². The number of ether oxygens (including phenoxy) is 2. The van der Waals surface area contributed by atoms with Gasteiger partial charge in [-0.3, -0.25) is 4.79 Å². The number of carbonyl (C=O) groups excluding carboxylic acids is 1. The largest absolute Gasteiger partial charge is 0.486 e. The second-order valence-corrected chi connectivity index (χ2v) is 6.90. The monoisotopic (exact) mass is 377 g/mol. The number of hydrogen-bond acceptors (Lipinski definition) is 5. The normalized spacial score (nSPS) is 12.8. The lowest BCUT2D eigenvalue weighted by molar-refractivity contribution is 0.0752. The molecule has 0 fully saturated rings. The van der Waals surface area contributed by atoms with Crippen LogP contribution in [0.5, 0.6) is 11.5 Å². The Balaban J connectivity index is 1.58. The van der Waals surface area contributed by atoms with E-state index in [1.165, 1.54) is 0 Å². The first-order chi connectivity index (χ1) is 13.5. The molecule has 4 rings (SSSR count). The van der Waals surface area contributed by atoms with Crippen molar-refractivity contribution in [1.82, 2.24) is 14.9 Å². The second-order valence-electron chi connectivity index (χ2n) is 6.90. The van der Waals surface area contributed by atoms with E-state index in [9.17, 15) is 4.79 Å². The van der Waals surface area contributed by atoms with Gasteiger partial charge >= 0.3 is 0 Å². The second kappa shape index (κ2) is 7.46. The Kier molecular flexibility index (Phi) is 4.86. The van der Waals surface area contributed by atoms with E-state index < -0.39 is 0 Å². The van der Waals surface area contributed by atoms with Crippen molar-refractivity contribution >= 4 is 16.9 Å². The minimum absolute atomic E-state index is 0.0284. The van der Waals surface area contributed by atoms with E-state index in [4.69, 9.17) is 9.47 Å². The molecule has 1 amide bonds. The zero-order chi connectivity index (χ0) is 19.7. The fourth-order valence-corrected chi connectivity index (χ4v) is 3.28. The SMILES string of the molecule is CCN(Cc1ccc2c(c1)OCCO2)C(=O)c1ccc2nc(C)c(C)nc2c1. The average molecular weight is 377 g/mol. The first-order valence-corrected chi connectivity index (χ1v) is 9.48. The van der Waals surface area contributed by atoms with Crippen LogP contribution in [0.25, 0.3) is 11.0 Å². The Morgan fingerprint density at radius 3 is 2.43 bits per heavy atom. The predicted octanol–water partition coefficient (Wildman–Crippen LogP) is 3.68. The highest BCUT2D eigenvalue weighted by Crippen LogP contribution is 2.31. The molecule has 1 aliphatic rings. The molecular weight excluding hydrogens is 354 g/mol. The van der Waals surface area contributed by atoms with E-state index in [2.05, 4.69) is 9.97 Å². The van der Waals surface area contributed by atoms with Crippen LogP contribution in [-0.4, -0.2) is 40.5 Å². The summed E-state index contributed by atoms with van der Waals surface area (Å²) in [5, 5.41) is 0. The average Bonchev–Trinajstić information content (AvgIpc) is 2.72. The maximum absolute atomic E-state index is 13.1. The van der Waals surface area contributed by atoms with Crippen molar-refractivity contribution in [3.05, 3.63) is 58.9 Å². The van der Waals surface area contributed by atoms with Crippen LogP contribution in [-0.2, 0) is 6.54 Å². The van der Waals surface area contributed by atoms with Gasteiger partial charge in [-0.2, -0.15) is 0 Å². The molecule has 1 aliphatic heterocycles. The standard InChI is InChI=1S/C22H23N3O3/c1-4-25(13-16-5-8-20-21(11-16)28-10-9-27-20)22(26)17-6-7-18-19(12-17)24-15(3)14(2)23-18/h5-8,11-12H,4,9-10,13H2,1-3H3. The molecule has 2 heterocycles. The van der Waals surface area contributed by atoms with Crippen LogP contribution < -0.4 is 9.47 Å². The zero-order valence-electron chi connectivity index (χ0n) is 16.4. The molecule has 6 heteroatoms. The molecule has 0 unspecified atom stereocenters. The molecule has 0 atom stereocenters. The summed E-state index contributed by atoms with van der Waals surface area (Å²) >= 11 is 0. The topological polar surface area (TPSA) is 64.6 Å². The Morgan fingerprint density at radius 1 is 0.964 bits per heavy atom. The fourth-order valence-electron chi connectivity index (χ4n) is 3.28. The summed E-state index contributed by atoms with van der Waals surface area (Å²) in [4.78, 5) is 24.0. The molecule has 0 saturated heterocycles. The zero-order valence-corrected chi connectivity index (χ0v) is 16.4. The molecule has 144 valence electrons. The van der Waals surface area contributed by atoms with Crippen molar-refractivity contribution in [3.63, 3.8) is 0 Å². The number of aromatic nitrogens is 2. The summed E-state index contributed by atoms with van der Waals surface area (Å²) in [7, 11) is 0. The van der Waals surface area contributed by atoms with Crippen LogP contribution in [0.4, 0.5) is 0 Å². The summed E-state index contributed by atoms with van der Waals surface area (Å²) in [6.45, 7) is 8.06. The summed E-state index contributed by atoms with van der Waals surface area (Å²) in [6.07, 6.45) is 0. The van der Waals surface area contributed by atoms with Crippen molar-refractivity contribution in [3.8, 4) is 11.5 Å². The molecule has 0 radical (unpaired) electrons. The molecule has 0 saturated carbocycles. The van der Waals surface area contributed by atoms with Crippen LogP contribution in [0.1, 0.15) is 34.2 Å². The van der Waals surface area contributed by atoms with E-state index in [0.29, 0.717) is 31.9 Å². The van der Waals surface area contributed by atoms with Crippen LogP contribution in [0.15, 0.2) is 36.4 Å². The molecule has 0 aliphatic carbocycles. The molecular formula is C22H23N3O3. The van der Waals surface area contributed by atoms with Gasteiger partial charge in [-0.15, -0.1) is 0 Å². The van der Waals surface area contributed by atoms with Gasteiger partial charge in [-0.05, 0) is 56.7 Å². The third-order valence-corrected chi connectivity index (χ3v) is 4.97. The maximum Gasteiger partial charge on any atom is 0.254 e. The number of hydrogen-bond donors (Lipinski definition) is 0. The predicted molar refractivity (Wildman–Crippen MR) is 107 cm³/mol.